The van der Waals surface area contributed by atoms with Gasteiger partial charge in [-0.1, -0.05) is 39.5 Å². The summed E-state index contributed by atoms with van der Waals surface area (Å²) in [6.45, 7) is 4.00. The summed E-state index contributed by atoms with van der Waals surface area (Å²) in [6.07, 6.45) is 7.78. The van der Waals surface area contributed by atoms with E-state index in [2.05, 4.69) is 0 Å². The lowest BCUT2D eigenvalue weighted by molar-refractivity contribution is -0.155. The smallest absolute Gasteiger partial charge is 0.320 e. The SMILES string of the molecule is CC.O=C1OC(=O)C2(CCCC2)C12CCCC2. The number of esters is 2. The molecule has 0 atom stereocenters. The zero-order valence-corrected chi connectivity index (χ0v) is 10.9. The molecule has 1 aliphatic heterocycles. The van der Waals surface area contributed by atoms with Crippen LogP contribution in [0.5, 0.6) is 0 Å². The van der Waals surface area contributed by atoms with Crippen molar-refractivity contribution in [2.45, 2.75) is 65.2 Å². The van der Waals surface area contributed by atoms with E-state index in [4.69, 9.17) is 4.74 Å². The van der Waals surface area contributed by atoms with Gasteiger partial charge in [0.05, 0.1) is 10.8 Å². The Hall–Kier alpha value is -0.860. The van der Waals surface area contributed by atoms with Crippen molar-refractivity contribution in [2.75, 3.05) is 0 Å². The molecule has 2 spiro atoms. The summed E-state index contributed by atoms with van der Waals surface area (Å²) in [5, 5.41) is 0. The van der Waals surface area contributed by atoms with Gasteiger partial charge in [0.15, 0.2) is 0 Å². The summed E-state index contributed by atoms with van der Waals surface area (Å²) < 4.78 is 4.96. The highest BCUT2D eigenvalue weighted by Crippen LogP contribution is 2.63. The van der Waals surface area contributed by atoms with E-state index in [-0.39, 0.29) is 11.9 Å². The normalized spacial score (nSPS) is 28.4. The van der Waals surface area contributed by atoms with E-state index in [9.17, 15) is 9.59 Å². The summed E-state index contributed by atoms with van der Waals surface area (Å²) in [6, 6.07) is 0. The topological polar surface area (TPSA) is 43.4 Å². The third-order valence-corrected chi connectivity index (χ3v) is 4.80. The first-order valence-electron chi connectivity index (χ1n) is 6.98. The maximum Gasteiger partial charge on any atom is 0.320 e. The highest BCUT2D eigenvalue weighted by molar-refractivity contribution is 6.02. The van der Waals surface area contributed by atoms with Gasteiger partial charge in [0, 0.05) is 0 Å². The van der Waals surface area contributed by atoms with E-state index in [1.807, 2.05) is 13.8 Å². The molecule has 0 radical (unpaired) electrons. The molecule has 0 N–H and O–H groups in total. The Labute approximate surface area is 103 Å². The number of ether oxygens (including phenoxy) is 1. The monoisotopic (exact) mass is 238 g/mol. The lowest BCUT2D eigenvalue weighted by Crippen LogP contribution is -2.40. The van der Waals surface area contributed by atoms with Gasteiger partial charge in [-0.3, -0.25) is 9.59 Å². The molecule has 0 bridgehead atoms. The van der Waals surface area contributed by atoms with Crippen LogP contribution in [0.4, 0.5) is 0 Å². The minimum Gasteiger partial charge on any atom is -0.392 e. The predicted octanol–water partition coefficient (Wildman–Crippen LogP) is 3.22. The fourth-order valence-corrected chi connectivity index (χ4v) is 3.99. The van der Waals surface area contributed by atoms with Crippen LogP contribution in [-0.4, -0.2) is 11.9 Å². The van der Waals surface area contributed by atoms with Crippen molar-refractivity contribution >= 4 is 11.9 Å². The molecular formula is C14H22O3. The van der Waals surface area contributed by atoms with Gasteiger partial charge in [-0.25, -0.2) is 0 Å². The molecule has 0 aromatic rings. The molecule has 1 heterocycles. The fraction of sp³-hybridized carbons (Fsp3) is 0.857. The fourth-order valence-electron chi connectivity index (χ4n) is 3.99. The van der Waals surface area contributed by atoms with E-state index < -0.39 is 10.8 Å². The van der Waals surface area contributed by atoms with E-state index >= 15 is 0 Å². The zero-order valence-electron chi connectivity index (χ0n) is 10.9. The molecule has 1 saturated heterocycles. The molecule has 0 aromatic carbocycles. The van der Waals surface area contributed by atoms with E-state index in [1.165, 1.54) is 0 Å². The average Bonchev–Trinajstić information content (AvgIpc) is 3.04. The number of carbonyl (C=O) groups excluding carboxylic acids is 2. The summed E-state index contributed by atoms with van der Waals surface area (Å²) in [4.78, 5) is 23.9. The molecule has 3 fully saturated rings. The van der Waals surface area contributed by atoms with E-state index in [0.29, 0.717) is 0 Å². The highest BCUT2D eigenvalue weighted by Gasteiger charge is 2.68. The van der Waals surface area contributed by atoms with Gasteiger partial charge in [-0.2, -0.15) is 0 Å². The Kier molecular flexibility index (Phi) is 3.28. The summed E-state index contributed by atoms with van der Waals surface area (Å²) in [5.41, 5.74) is -0.832. The molecule has 2 saturated carbocycles. The van der Waals surface area contributed by atoms with Gasteiger partial charge in [0.1, 0.15) is 0 Å². The molecule has 3 rings (SSSR count). The number of cyclic esters (lactones) is 2. The Morgan fingerprint density at radius 3 is 1.35 bits per heavy atom. The maximum atomic E-state index is 11.9. The second-order valence-corrected chi connectivity index (χ2v) is 5.26. The van der Waals surface area contributed by atoms with E-state index in [1.54, 1.807) is 0 Å². The minimum absolute atomic E-state index is 0.216. The van der Waals surface area contributed by atoms with E-state index in [0.717, 1.165) is 51.4 Å². The third kappa shape index (κ3) is 1.47. The average molecular weight is 238 g/mol. The van der Waals surface area contributed by atoms with Crippen LogP contribution in [0.1, 0.15) is 65.2 Å². The van der Waals surface area contributed by atoms with Crippen LogP contribution < -0.4 is 0 Å². The lowest BCUT2D eigenvalue weighted by atomic mass is 9.62. The molecular weight excluding hydrogens is 216 g/mol. The number of rotatable bonds is 0. The quantitative estimate of drug-likeness (QED) is 0.480. The standard InChI is InChI=1S/C12H16O3.C2H6/c13-9-11(5-1-2-6-11)12(10(14)15-9)7-3-4-8-12;1-2/h1-8H2;1-2H3. The molecule has 3 nitrogen and oxygen atoms in total. The summed E-state index contributed by atoms with van der Waals surface area (Å²) in [5.74, 6) is -0.432. The third-order valence-electron chi connectivity index (χ3n) is 4.80. The van der Waals surface area contributed by atoms with Crippen LogP contribution in [0.25, 0.3) is 0 Å². The number of hydrogen-bond acceptors (Lipinski definition) is 3. The van der Waals surface area contributed by atoms with Crippen molar-refractivity contribution < 1.29 is 14.3 Å². The zero-order chi connectivity index (χ0) is 12.5. The van der Waals surface area contributed by atoms with Crippen molar-refractivity contribution in [3.05, 3.63) is 0 Å². The first kappa shape index (κ1) is 12.6. The van der Waals surface area contributed by atoms with Gasteiger partial charge in [0.2, 0.25) is 0 Å². The van der Waals surface area contributed by atoms with Crippen molar-refractivity contribution in [3.63, 3.8) is 0 Å². The Balaban J connectivity index is 0.000000514. The first-order chi connectivity index (χ1) is 8.21. The van der Waals surface area contributed by atoms with Crippen molar-refractivity contribution in [1.82, 2.24) is 0 Å². The number of carbonyl (C=O) groups is 2. The lowest BCUT2D eigenvalue weighted by Gasteiger charge is -2.33. The van der Waals surface area contributed by atoms with Crippen LogP contribution in [-0.2, 0) is 14.3 Å². The van der Waals surface area contributed by atoms with Crippen LogP contribution in [0.3, 0.4) is 0 Å². The number of hydrogen-bond donors (Lipinski definition) is 0. The van der Waals surface area contributed by atoms with Gasteiger partial charge < -0.3 is 4.74 Å². The molecule has 2 aliphatic carbocycles. The van der Waals surface area contributed by atoms with Crippen molar-refractivity contribution in [2.24, 2.45) is 10.8 Å². The summed E-state index contributed by atoms with van der Waals surface area (Å²) >= 11 is 0. The van der Waals surface area contributed by atoms with Gasteiger partial charge in [0.25, 0.3) is 0 Å². The summed E-state index contributed by atoms with van der Waals surface area (Å²) in [7, 11) is 0. The molecule has 3 aliphatic rings. The second-order valence-electron chi connectivity index (χ2n) is 5.26. The van der Waals surface area contributed by atoms with Crippen molar-refractivity contribution in [1.29, 1.82) is 0 Å². The largest absolute Gasteiger partial charge is 0.392 e. The van der Waals surface area contributed by atoms with Gasteiger partial charge in [-0.05, 0) is 25.7 Å². The molecule has 96 valence electrons. The highest BCUT2D eigenvalue weighted by atomic mass is 16.6. The molecule has 0 aromatic heterocycles. The number of fused-ring (bicyclic) bond motifs is 1. The Morgan fingerprint density at radius 1 is 0.765 bits per heavy atom. The molecule has 17 heavy (non-hydrogen) atoms. The predicted molar refractivity (Wildman–Crippen MR) is 64.2 cm³/mol. The molecule has 0 amide bonds. The Bertz CT molecular complexity index is 288. The van der Waals surface area contributed by atoms with Crippen LogP contribution in [0.2, 0.25) is 0 Å². The Morgan fingerprint density at radius 2 is 1.06 bits per heavy atom. The van der Waals surface area contributed by atoms with Crippen LogP contribution in [0, 0.1) is 10.8 Å². The van der Waals surface area contributed by atoms with Crippen LogP contribution in [0.15, 0.2) is 0 Å². The van der Waals surface area contributed by atoms with Gasteiger partial charge in [-0.15, -0.1) is 0 Å². The second kappa shape index (κ2) is 4.43. The molecule has 3 heteroatoms. The van der Waals surface area contributed by atoms with Crippen molar-refractivity contribution in [3.8, 4) is 0 Å². The maximum absolute atomic E-state index is 11.9. The van der Waals surface area contributed by atoms with Crippen LogP contribution >= 0.6 is 0 Å². The first-order valence-corrected chi connectivity index (χ1v) is 6.98. The molecule has 0 unspecified atom stereocenters. The van der Waals surface area contributed by atoms with Gasteiger partial charge >= 0.3 is 11.9 Å². The minimum atomic E-state index is -0.416.